The van der Waals surface area contributed by atoms with Crippen LogP contribution in [-0.4, -0.2) is 15.7 Å². The van der Waals surface area contributed by atoms with Gasteiger partial charge in [-0.1, -0.05) is 50.5 Å². The van der Waals surface area contributed by atoms with Crippen LogP contribution in [0.3, 0.4) is 0 Å². The number of nitrogens with one attached hydrogen (secondary N) is 1. The molecule has 0 fully saturated rings. The standard InChI is InChI=1S/C12H19BrN2O2/c1-7(2)9(13)10(16)15-11-14-6-8(17-11)12(3,4)5/h6-7,9H,1-5H3,(H,14,15,16)/t9-/m0/s1. The molecule has 0 aliphatic carbocycles. The molecule has 0 saturated carbocycles. The summed E-state index contributed by atoms with van der Waals surface area (Å²) in [5.74, 6) is 0.831. The van der Waals surface area contributed by atoms with Crippen molar-refractivity contribution in [2.24, 2.45) is 5.92 Å². The van der Waals surface area contributed by atoms with E-state index in [1.54, 1.807) is 6.20 Å². The monoisotopic (exact) mass is 302 g/mol. The smallest absolute Gasteiger partial charge is 0.301 e. The highest BCUT2D eigenvalue weighted by Crippen LogP contribution is 2.24. The number of hydrogen-bond donors (Lipinski definition) is 1. The normalized spacial score (nSPS) is 13.8. The van der Waals surface area contributed by atoms with Crippen LogP contribution in [0.1, 0.15) is 40.4 Å². The number of anilines is 1. The van der Waals surface area contributed by atoms with Gasteiger partial charge in [0.05, 0.1) is 11.0 Å². The minimum atomic E-state index is -0.243. The summed E-state index contributed by atoms with van der Waals surface area (Å²) in [6.07, 6.45) is 1.65. The lowest BCUT2D eigenvalue weighted by atomic mass is 9.94. The lowest BCUT2D eigenvalue weighted by Crippen LogP contribution is -2.27. The van der Waals surface area contributed by atoms with Crippen molar-refractivity contribution in [3.05, 3.63) is 12.0 Å². The van der Waals surface area contributed by atoms with Gasteiger partial charge in [0, 0.05) is 5.41 Å². The number of oxazole rings is 1. The average Bonchev–Trinajstić information content (AvgIpc) is 2.64. The second-order valence-corrected chi connectivity index (χ2v) is 6.40. The fourth-order valence-corrected chi connectivity index (χ4v) is 1.27. The van der Waals surface area contributed by atoms with Gasteiger partial charge >= 0.3 is 6.01 Å². The number of aromatic nitrogens is 1. The number of rotatable bonds is 3. The van der Waals surface area contributed by atoms with Crippen molar-refractivity contribution in [2.45, 2.75) is 44.9 Å². The Labute approximate surface area is 110 Å². The number of nitrogens with zero attached hydrogens (tertiary/aromatic N) is 1. The largest absolute Gasteiger partial charge is 0.428 e. The van der Waals surface area contributed by atoms with Crippen molar-refractivity contribution in [2.75, 3.05) is 5.32 Å². The number of alkyl halides is 1. The molecule has 1 N–H and O–H groups in total. The van der Waals surface area contributed by atoms with Gasteiger partial charge in [-0.05, 0) is 5.92 Å². The molecule has 1 aromatic heterocycles. The second kappa shape index (κ2) is 5.21. The van der Waals surface area contributed by atoms with Crippen molar-refractivity contribution in [1.82, 2.24) is 4.98 Å². The molecule has 1 amide bonds. The quantitative estimate of drug-likeness (QED) is 0.871. The number of amides is 1. The molecular formula is C12H19BrN2O2. The molecule has 1 atom stereocenters. The third-order valence-corrected chi connectivity index (χ3v) is 3.78. The van der Waals surface area contributed by atoms with Crippen LogP contribution in [0.5, 0.6) is 0 Å². The van der Waals surface area contributed by atoms with Gasteiger partial charge in [-0.25, -0.2) is 4.98 Å². The van der Waals surface area contributed by atoms with Gasteiger partial charge in [-0.15, -0.1) is 0 Å². The molecule has 1 heterocycles. The van der Waals surface area contributed by atoms with E-state index in [1.165, 1.54) is 0 Å². The maximum absolute atomic E-state index is 11.8. The summed E-state index contributed by atoms with van der Waals surface area (Å²) < 4.78 is 5.48. The van der Waals surface area contributed by atoms with E-state index in [9.17, 15) is 4.79 Å². The molecule has 0 aliphatic heterocycles. The van der Waals surface area contributed by atoms with Crippen LogP contribution in [0, 0.1) is 5.92 Å². The Morgan fingerprint density at radius 1 is 1.47 bits per heavy atom. The molecule has 0 aromatic carbocycles. The maximum Gasteiger partial charge on any atom is 0.301 e. The Balaban J connectivity index is 2.71. The zero-order valence-corrected chi connectivity index (χ0v) is 12.5. The van der Waals surface area contributed by atoms with Crippen molar-refractivity contribution < 1.29 is 9.21 Å². The first-order valence-electron chi connectivity index (χ1n) is 5.63. The van der Waals surface area contributed by atoms with Crippen molar-refractivity contribution in [3.8, 4) is 0 Å². The van der Waals surface area contributed by atoms with Crippen LogP contribution < -0.4 is 5.32 Å². The molecule has 0 saturated heterocycles. The van der Waals surface area contributed by atoms with Crippen LogP contribution in [0.15, 0.2) is 10.6 Å². The average molecular weight is 303 g/mol. The number of hydrogen-bond acceptors (Lipinski definition) is 3. The Morgan fingerprint density at radius 2 is 2.06 bits per heavy atom. The summed E-state index contributed by atoms with van der Waals surface area (Å²) in [6.45, 7) is 10.0. The van der Waals surface area contributed by atoms with E-state index in [0.29, 0.717) is 0 Å². The van der Waals surface area contributed by atoms with Crippen molar-refractivity contribution in [3.63, 3.8) is 0 Å². The lowest BCUT2D eigenvalue weighted by Gasteiger charge is -2.14. The Kier molecular flexibility index (Phi) is 4.36. The second-order valence-electron chi connectivity index (χ2n) is 5.41. The van der Waals surface area contributed by atoms with Crippen LogP contribution in [0.2, 0.25) is 0 Å². The molecule has 1 rings (SSSR count). The summed E-state index contributed by atoms with van der Waals surface area (Å²) in [5.41, 5.74) is -0.109. The van der Waals surface area contributed by atoms with Gasteiger partial charge in [0.1, 0.15) is 5.76 Å². The van der Waals surface area contributed by atoms with Gasteiger partial charge in [0.25, 0.3) is 0 Å². The van der Waals surface area contributed by atoms with Crippen LogP contribution >= 0.6 is 15.9 Å². The van der Waals surface area contributed by atoms with Crippen molar-refractivity contribution >= 4 is 27.9 Å². The molecule has 0 radical (unpaired) electrons. The highest BCUT2D eigenvalue weighted by molar-refractivity contribution is 9.10. The molecule has 4 nitrogen and oxygen atoms in total. The molecule has 5 heteroatoms. The Hall–Kier alpha value is -0.840. The fraction of sp³-hybridized carbons (Fsp3) is 0.667. The number of carbonyl (C=O) groups is 1. The molecule has 0 aliphatic rings. The lowest BCUT2D eigenvalue weighted by molar-refractivity contribution is -0.116. The fourth-order valence-electron chi connectivity index (χ4n) is 1.16. The SMILES string of the molecule is CC(C)[C@H](Br)C(=O)Nc1ncc(C(C)(C)C)o1. The van der Waals surface area contributed by atoms with E-state index >= 15 is 0 Å². The number of halogens is 1. The van der Waals surface area contributed by atoms with E-state index in [-0.39, 0.29) is 28.1 Å². The Bertz CT molecular complexity index is 393. The summed E-state index contributed by atoms with van der Waals surface area (Å²) in [7, 11) is 0. The maximum atomic E-state index is 11.8. The van der Waals surface area contributed by atoms with E-state index in [1.807, 2.05) is 34.6 Å². The molecule has 0 bridgehead atoms. The topological polar surface area (TPSA) is 55.1 Å². The molecule has 96 valence electrons. The highest BCUT2D eigenvalue weighted by atomic mass is 79.9. The first kappa shape index (κ1) is 14.2. The minimum absolute atomic E-state index is 0.109. The molecule has 17 heavy (non-hydrogen) atoms. The first-order chi connectivity index (χ1) is 7.71. The van der Waals surface area contributed by atoms with Gasteiger partial charge in [-0.2, -0.15) is 0 Å². The van der Waals surface area contributed by atoms with Crippen molar-refractivity contribution in [1.29, 1.82) is 0 Å². The first-order valence-corrected chi connectivity index (χ1v) is 6.54. The highest BCUT2D eigenvalue weighted by Gasteiger charge is 2.23. The van der Waals surface area contributed by atoms with E-state index < -0.39 is 0 Å². The van der Waals surface area contributed by atoms with Gasteiger partial charge < -0.3 is 4.42 Å². The molecular weight excluding hydrogens is 284 g/mol. The van der Waals surface area contributed by atoms with E-state index in [4.69, 9.17) is 4.42 Å². The molecule has 0 unspecified atom stereocenters. The predicted octanol–water partition coefficient (Wildman–Crippen LogP) is 3.33. The van der Waals surface area contributed by atoms with Gasteiger partial charge in [0.2, 0.25) is 5.91 Å². The predicted molar refractivity (Wildman–Crippen MR) is 71.4 cm³/mol. The zero-order valence-electron chi connectivity index (χ0n) is 10.9. The summed E-state index contributed by atoms with van der Waals surface area (Å²) in [4.78, 5) is 15.6. The van der Waals surface area contributed by atoms with Crippen LogP contribution in [-0.2, 0) is 10.2 Å². The zero-order chi connectivity index (χ0) is 13.2. The van der Waals surface area contributed by atoms with Gasteiger partial charge in [-0.3, -0.25) is 10.1 Å². The van der Waals surface area contributed by atoms with Gasteiger partial charge in [0.15, 0.2) is 0 Å². The third-order valence-electron chi connectivity index (χ3n) is 2.31. The number of carbonyl (C=O) groups excluding carboxylic acids is 1. The molecule has 1 aromatic rings. The summed E-state index contributed by atoms with van der Waals surface area (Å²) >= 11 is 3.33. The van der Waals surface area contributed by atoms with Crippen LogP contribution in [0.4, 0.5) is 6.01 Å². The van der Waals surface area contributed by atoms with Crippen LogP contribution in [0.25, 0.3) is 0 Å². The molecule has 0 spiro atoms. The van der Waals surface area contributed by atoms with E-state index in [0.717, 1.165) is 5.76 Å². The summed E-state index contributed by atoms with van der Waals surface area (Å²) in [6, 6.07) is 0.255. The third kappa shape index (κ3) is 3.84. The summed E-state index contributed by atoms with van der Waals surface area (Å²) in [5, 5.41) is 2.65. The minimum Gasteiger partial charge on any atom is -0.428 e. The van der Waals surface area contributed by atoms with E-state index in [2.05, 4.69) is 26.2 Å². The Morgan fingerprint density at radius 3 is 2.47 bits per heavy atom.